The van der Waals surface area contributed by atoms with Gasteiger partial charge in [0.2, 0.25) is 0 Å². The molecule has 3 rings (SSSR count). The van der Waals surface area contributed by atoms with E-state index >= 15 is 0 Å². The van der Waals surface area contributed by atoms with Crippen molar-refractivity contribution in [2.24, 2.45) is 7.05 Å². The second kappa shape index (κ2) is 5.30. The van der Waals surface area contributed by atoms with Gasteiger partial charge in [-0.2, -0.15) is 5.10 Å². The van der Waals surface area contributed by atoms with Crippen LogP contribution in [0.2, 0.25) is 0 Å². The van der Waals surface area contributed by atoms with Gasteiger partial charge in [0.05, 0.1) is 5.60 Å². The van der Waals surface area contributed by atoms with Crippen molar-refractivity contribution in [2.75, 3.05) is 6.61 Å². The normalized spacial score (nSPS) is 22.1. The zero-order valence-electron chi connectivity index (χ0n) is 12.3. The highest BCUT2D eigenvalue weighted by atomic mass is 32.1. The van der Waals surface area contributed by atoms with Gasteiger partial charge in [-0.15, -0.1) is 11.3 Å². The highest BCUT2D eigenvalue weighted by Crippen LogP contribution is 2.34. The van der Waals surface area contributed by atoms with Crippen LogP contribution in [-0.4, -0.2) is 27.0 Å². The summed E-state index contributed by atoms with van der Waals surface area (Å²) in [4.78, 5) is 6.09. The van der Waals surface area contributed by atoms with Crippen LogP contribution >= 0.6 is 11.3 Å². The molecule has 2 aromatic heterocycles. The third-order valence-electron chi connectivity index (χ3n) is 3.82. The van der Waals surface area contributed by atoms with Crippen LogP contribution < -0.4 is 0 Å². The molecule has 0 saturated carbocycles. The third-order valence-corrected chi connectivity index (χ3v) is 4.69. The predicted octanol–water partition coefficient (Wildman–Crippen LogP) is 3.14. The van der Waals surface area contributed by atoms with Crippen LogP contribution in [0.5, 0.6) is 0 Å². The molecule has 20 heavy (non-hydrogen) atoms. The molecule has 108 valence electrons. The zero-order valence-corrected chi connectivity index (χ0v) is 13.1. The maximum absolute atomic E-state index is 5.79. The van der Waals surface area contributed by atoms with Gasteiger partial charge in [0, 0.05) is 30.9 Å². The van der Waals surface area contributed by atoms with Gasteiger partial charge in [-0.1, -0.05) is 6.07 Å². The number of nitrogens with zero attached hydrogens (tertiary/aromatic N) is 3. The van der Waals surface area contributed by atoms with Crippen LogP contribution in [0.4, 0.5) is 0 Å². The Morgan fingerprint density at radius 2 is 2.35 bits per heavy atom. The summed E-state index contributed by atoms with van der Waals surface area (Å²) in [7, 11) is 2.00. The largest absolute Gasteiger partial charge is 0.376 e. The van der Waals surface area contributed by atoms with Crippen molar-refractivity contribution in [3.8, 4) is 0 Å². The van der Waals surface area contributed by atoms with Crippen molar-refractivity contribution in [3.05, 3.63) is 34.0 Å². The highest BCUT2D eigenvalue weighted by molar-refractivity contribution is 7.09. The number of aryl methyl sites for hydroxylation is 1. The maximum Gasteiger partial charge on any atom is 0.156 e. The van der Waals surface area contributed by atoms with Crippen LogP contribution in [0, 0.1) is 0 Å². The van der Waals surface area contributed by atoms with E-state index in [1.54, 1.807) is 11.3 Å². The fraction of sp³-hybridized carbons (Fsp3) is 0.600. The minimum absolute atomic E-state index is 0.0528. The molecule has 0 N–H and O–H groups in total. The van der Waals surface area contributed by atoms with Crippen molar-refractivity contribution in [2.45, 2.75) is 44.6 Å². The molecule has 0 amide bonds. The minimum Gasteiger partial charge on any atom is -0.376 e. The van der Waals surface area contributed by atoms with Crippen LogP contribution in [0.25, 0.3) is 0 Å². The second-order valence-corrected chi connectivity index (χ2v) is 7.10. The molecule has 1 atom stereocenters. The average molecular weight is 291 g/mol. The van der Waals surface area contributed by atoms with E-state index in [1.165, 1.54) is 4.88 Å². The first-order valence-electron chi connectivity index (χ1n) is 7.10. The fourth-order valence-corrected chi connectivity index (χ4v) is 3.60. The number of thiophene rings is 1. The van der Waals surface area contributed by atoms with Gasteiger partial charge >= 0.3 is 0 Å². The van der Waals surface area contributed by atoms with Gasteiger partial charge in [0.25, 0.3) is 0 Å². The summed E-state index contributed by atoms with van der Waals surface area (Å²) in [5, 5.41) is 6.68. The Morgan fingerprint density at radius 3 is 3.05 bits per heavy atom. The summed E-state index contributed by atoms with van der Waals surface area (Å²) in [6.45, 7) is 5.12. The molecule has 1 aliphatic rings. The van der Waals surface area contributed by atoms with Crippen molar-refractivity contribution in [1.29, 1.82) is 0 Å². The van der Waals surface area contributed by atoms with Gasteiger partial charge in [0.15, 0.2) is 5.82 Å². The molecule has 2 aromatic rings. The Kier molecular flexibility index (Phi) is 3.65. The van der Waals surface area contributed by atoms with Crippen LogP contribution in [-0.2, 0) is 18.2 Å². The van der Waals surface area contributed by atoms with Crippen molar-refractivity contribution in [1.82, 2.24) is 14.8 Å². The first-order valence-corrected chi connectivity index (χ1v) is 7.98. The lowest BCUT2D eigenvalue weighted by Gasteiger charge is -2.34. The van der Waals surface area contributed by atoms with E-state index in [9.17, 15) is 0 Å². The molecule has 3 heterocycles. The summed E-state index contributed by atoms with van der Waals surface area (Å²) in [6.07, 6.45) is 2.88. The Balaban J connectivity index is 1.78. The lowest BCUT2D eigenvalue weighted by molar-refractivity contribution is -0.0606. The second-order valence-electron chi connectivity index (χ2n) is 6.06. The molecule has 0 aliphatic carbocycles. The molecular formula is C15H21N3OS. The predicted molar refractivity (Wildman–Crippen MR) is 80.1 cm³/mol. The van der Waals surface area contributed by atoms with Gasteiger partial charge in [-0.3, -0.25) is 4.68 Å². The SMILES string of the molecule is Cn1nc(Cc2cccs2)nc1C1CCOC(C)(C)C1. The van der Waals surface area contributed by atoms with Gasteiger partial charge in [-0.05, 0) is 38.1 Å². The molecule has 0 aromatic carbocycles. The van der Waals surface area contributed by atoms with Crippen molar-refractivity contribution < 1.29 is 4.74 Å². The number of rotatable bonds is 3. The number of hydrogen-bond donors (Lipinski definition) is 0. The summed E-state index contributed by atoms with van der Waals surface area (Å²) in [6, 6.07) is 4.21. The maximum atomic E-state index is 5.79. The molecule has 1 aliphatic heterocycles. The number of ether oxygens (including phenoxy) is 1. The standard InChI is InChI=1S/C15H21N3OS/c1-15(2)10-11(6-7-19-15)14-16-13(17-18(14)3)9-12-5-4-8-20-12/h4-5,8,11H,6-7,9-10H2,1-3H3. The van der Waals surface area contributed by atoms with Gasteiger partial charge < -0.3 is 4.74 Å². The van der Waals surface area contributed by atoms with E-state index in [0.717, 1.165) is 37.5 Å². The van der Waals surface area contributed by atoms with Gasteiger partial charge in [0.1, 0.15) is 5.82 Å². The molecule has 1 unspecified atom stereocenters. The summed E-state index contributed by atoms with van der Waals surface area (Å²) < 4.78 is 7.75. The number of aromatic nitrogens is 3. The topological polar surface area (TPSA) is 39.9 Å². The Labute approximate surface area is 123 Å². The van der Waals surface area contributed by atoms with E-state index in [-0.39, 0.29) is 5.60 Å². The lowest BCUT2D eigenvalue weighted by atomic mass is 9.88. The molecule has 0 spiro atoms. The van der Waals surface area contributed by atoms with Gasteiger partial charge in [-0.25, -0.2) is 4.98 Å². The van der Waals surface area contributed by atoms with Crippen LogP contribution in [0.15, 0.2) is 17.5 Å². The fourth-order valence-electron chi connectivity index (χ4n) is 2.90. The van der Waals surface area contributed by atoms with Crippen LogP contribution in [0.3, 0.4) is 0 Å². The Bertz CT molecular complexity index is 574. The molecule has 5 heteroatoms. The number of hydrogen-bond acceptors (Lipinski definition) is 4. The van der Waals surface area contributed by atoms with E-state index in [1.807, 2.05) is 11.7 Å². The van der Waals surface area contributed by atoms with E-state index in [0.29, 0.717) is 5.92 Å². The van der Waals surface area contributed by atoms with E-state index < -0.39 is 0 Å². The highest BCUT2D eigenvalue weighted by Gasteiger charge is 2.32. The third kappa shape index (κ3) is 2.94. The lowest BCUT2D eigenvalue weighted by Crippen LogP contribution is -2.33. The van der Waals surface area contributed by atoms with Crippen molar-refractivity contribution >= 4 is 11.3 Å². The summed E-state index contributed by atoms with van der Waals surface area (Å²) >= 11 is 1.76. The Hall–Kier alpha value is -1.20. The molecule has 1 fully saturated rings. The molecule has 4 nitrogen and oxygen atoms in total. The summed E-state index contributed by atoms with van der Waals surface area (Å²) in [5.41, 5.74) is -0.0528. The smallest absolute Gasteiger partial charge is 0.156 e. The first kappa shape index (κ1) is 13.8. The first-order chi connectivity index (χ1) is 9.53. The monoisotopic (exact) mass is 291 g/mol. The van der Waals surface area contributed by atoms with Crippen LogP contribution in [0.1, 0.15) is 49.1 Å². The van der Waals surface area contributed by atoms with E-state index in [2.05, 4.69) is 36.5 Å². The molecule has 0 bridgehead atoms. The molecule has 1 saturated heterocycles. The molecule has 0 radical (unpaired) electrons. The quantitative estimate of drug-likeness (QED) is 0.872. The molecular weight excluding hydrogens is 270 g/mol. The summed E-state index contributed by atoms with van der Waals surface area (Å²) in [5.74, 6) is 2.48. The minimum atomic E-state index is -0.0528. The van der Waals surface area contributed by atoms with Crippen molar-refractivity contribution in [3.63, 3.8) is 0 Å². The average Bonchev–Trinajstić information content (AvgIpc) is 2.98. The van der Waals surface area contributed by atoms with E-state index in [4.69, 9.17) is 9.72 Å². The zero-order chi connectivity index (χ0) is 14.2. The Morgan fingerprint density at radius 1 is 1.50 bits per heavy atom.